The summed E-state index contributed by atoms with van der Waals surface area (Å²) >= 11 is 0. The summed E-state index contributed by atoms with van der Waals surface area (Å²) in [7, 11) is 0. The van der Waals surface area contributed by atoms with Gasteiger partial charge in [0.25, 0.3) is 5.91 Å². The van der Waals surface area contributed by atoms with E-state index in [4.69, 9.17) is 0 Å². The second-order valence-electron chi connectivity index (χ2n) is 4.18. The molecule has 21 heavy (non-hydrogen) atoms. The molecule has 5 nitrogen and oxygen atoms in total. The summed E-state index contributed by atoms with van der Waals surface area (Å²) in [6.45, 7) is 1.45. The smallest absolute Gasteiger partial charge is 0.387 e. The Morgan fingerprint density at radius 2 is 1.86 bits per heavy atom. The summed E-state index contributed by atoms with van der Waals surface area (Å²) in [6.07, 6.45) is 0. The fourth-order valence-electron chi connectivity index (χ4n) is 1.72. The highest BCUT2D eigenvalue weighted by atomic mass is 19.3. The lowest BCUT2D eigenvalue weighted by Gasteiger charge is -2.20. The van der Waals surface area contributed by atoms with Gasteiger partial charge in [-0.1, -0.05) is 0 Å². The van der Waals surface area contributed by atoms with Gasteiger partial charge in [-0.25, -0.2) is 0 Å². The number of nitrogens with zero attached hydrogens (tertiary/aromatic N) is 1. The monoisotopic (exact) mass is 300 g/mol. The van der Waals surface area contributed by atoms with Crippen molar-refractivity contribution >= 4 is 11.8 Å². The second kappa shape index (κ2) is 8.18. The van der Waals surface area contributed by atoms with Crippen molar-refractivity contribution in [3.05, 3.63) is 29.8 Å². The maximum atomic E-state index is 12.2. The molecule has 0 spiro atoms. The molecule has 0 unspecified atom stereocenters. The summed E-state index contributed by atoms with van der Waals surface area (Å²) in [4.78, 5) is 25.1. The standard InChI is InChI=1S/C14H18F2N2O3/c1-3-17-12(19)9-18(4-2)13(20)10-5-7-11(8-6-10)21-14(15)16/h5-8,14H,3-4,9H2,1-2H3,(H,17,19). The van der Waals surface area contributed by atoms with Crippen LogP contribution in [0.25, 0.3) is 0 Å². The number of alkyl halides is 2. The van der Waals surface area contributed by atoms with Gasteiger partial charge in [-0.2, -0.15) is 8.78 Å². The Morgan fingerprint density at radius 1 is 1.24 bits per heavy atom. The molecule has 0 aromatic heterocycles. The van der Waals surface area contributed by atoms with Crippen LogP contribution in [0, 0.1) is 0 Å². The van der Waals surface area contributed by atoms with Gasteiger partial charge in [0.05, 0.1) is 6.54 Å². The van der Waals surface area contributed by atoms with Crippen molar-refractivity contribution in [3.8, 4) is 5.75 Å². The molecule has 0 bridgehead atoms. The van der Waals surface area contributed by atoms with Gasteiger partial charge in [0.2, 0.25) is 5.91 Å². The van der Waals surface area contributed by atoms with Gasteiger partial charge in [-0.15, -0.1) is 0 Å². The van der Waals surface area contributed by atoms with Crippen LogP contribution in [-0.4, -0.2) is 43.0 Å². The molecule has 0 aliphatic carbocycles. The van der Waals surface area contributed by atoms with Gasteiger partial charge in [0, 0.05) is 18.7 Å². The van der Waals surface area contributed by atoms with E-state index in [1.807, 2.05) is 0 Å². The zero-order chi connectivity index (χ0) is 15.8. The summed E-state index contributed by atoms with van der Waals surface area (Å²) < 4.78 is 28.3. The molecule has 1 aromatic carbocycles. The van der Waals surface area contributed by atoms with E-state index in [0.717, 1.165) is 0 Å². The molecule has 0 heterocycles. The van der Waals surface area contributed by atoms with Crippen molar-refractivity contribution in [3.63, 3.8) is 0 Å². The maximum absolute atomic E-state index is 12.2. The van der Waals surface area contributed by atoms with Gasteiger partial charge in [0.1, 0.15) is 5.75 Å². The highest BCUT2D eigenvalue weighted by Gasteiger charge is 2.17. The van der Waals surface area contributed by atoms with Crippen LogP contribution in [0.1, 0.15) is 24.2 Å². The SMILES string of the molecule is CCNC(=O)CN(CC)C(=O)c1ccc(OC(F)F)cc1. The fraction of sp³-hybridized carbons (Fsp3) is 0.429. The molecular formula is C14H18F2N2O3. The number of carbonyl (C=O) groups excluding carboxylic acids is 2. The first-order valence-corrected chi connectivity index (χ1v) is 6.58. The third-order valence-electron chi connectivity index (χ3n) is 2.70. The first kappa shape index (κ1) is 16.9. The average molecular weight is 300 g/mol. The predicted molar refractivity (Wildman–Crippen MR) is 73.3 cm³/mol. The van der Waals surface area contributed by atoms with E-state index in [2.05, 4.69) is 10.1 Å². The number of hydrogen-bond acceptors (Lipinski definition) is 3. The molecule has 0 saturated heterocycles. The number of halogens is 2. The number of amides is 2. The van der Waals surface area contributed by atoms with Crippen LogP contribution < -0.4 is 10.1 Å². The van der Waals surface area contributed by atoms with Crippen LogP contribution in [-0.2, 0) is 4.79 Å². The molecule has 1 aromatic rings. The Balaban J connectivity index is 2.73. The highest BCUT2D eigenvalue weighted by Crippen LogP contribution is 2.16. The highest BCUT2D eigenvalue weighted by molar-refractivity contribution is 5.96. The predicted octanol–water partition coefficient (Wildman–Crippen LogP) is 1.89. The van der Waals surface area contributed by atoms with E-state index in [1.54, 1.807) is 13.8 Å². The molecule has 0 aliphatic heterocycles. The van der Waals surface area contributed by atoms with E-state index in [-0.39, 0.29) is 24.1 Å². The van der Waals surface area contributed by atoms with Gasteiger partial charge in [-0.05, 0) is 38.1 Å². The first-order valence-electron chi connectivity index (χ1n) is 6.58. The Hall–Kier alpha value is -2.18. The molecule has 1 rings (SSSR count). The van der Waals surface area contributed by atoms with Crippen molar-refractivity contribution < 1.29 is 23.1 Å². The maximum Gasteiger partial charge on any atom is 0.387 e. The largest absolute Gasteiger partial charge is 0.435 e. The van der Waals surface area contributed by atoms with Gasteiger partial charge < -0.3 is 15.0 Å². The quantitative estimate of drug-likeness (QED) is 0.836. The zero-order valence-electron chi connectivity index (χ0n) is 11.9. The molecular weight excluding hydrogens is 282 g/mol. The number of nitrogens with one attached hydrogen (secondary N) is 1. The van der Waals surface area contributed by atoms with Crippen molar-refractivity contribution in [1.29, 1.82) is 0 Å². The Kier molecular flexibility index (Phi) is 6.58. The van der Waals surface area contributed by atoms with E-state index in [0.29, 0.717) is 18.7 Å². The lowest BCUT2D eigenvalue weighted by Crippen LogP contribution is -2.40. The van der Waals surface area contributed by atoms with Gasteiger partial charge >= 0.3 is 6.61 Å². The first-order chi connectivity index (χ1) is 9.97. The summed E-state index contributed by atoms with van der Waals surface area (Å²) in [5, 5.41) is 2.61. The summed E-state index contributed by atoms with van der Waals surface area (Å²) in [6, 6.07) is 5.36. The molecule has 0 saturated carbocycles. The summed E-state index contributed by atoms with van der Waals surface area (Å²) in [5.74, 6) is -0.606. The molecule has 0 atom stereocenters. The minimum atomic E-state index is -2.91. The lowest BCUT2D eigenvalue weighted by molar-refractivity contribution is -0.121. The zero-order valence-corrected chi connectivity index (χ0v) is 11.9. The van der Waals surface area contributed by atoms with E-state index in [1.165, 1.54) is 29.2 Å². The molecule has 0 aliphatic rings. The third kappa shape index (κ3) is 5.37. The van der Waals surface area contributed by atoms with Crippen LogP contribution in [0.15, 0.2) is 24.3 Å². The molecule has 2 amide bonds. The second-order valence-corrected chi connectivity index (χ2v) is 4.18. The number of rotatable bonds is 7. The summed E-state index contributed by atoms with van der Waals surface area (Å²) in [5.41, 5.74) is 0.308. The van der Waals surface area contributed by atoms with Crippen LogP contribution in [0.4, 0.5) is 8.78 Å². The Bertz CT molecular complexity index is 478. The van der Waals surface area contributed by atoms with Crippen molar-refractivity contribution in [1.82, 2.24) is 10.2 Å². The van der Waals surface area contributed by atoms with E-state index >= 15 is 0 Å². The van der Waals surface area contributed by atoms with Crippen LogP contribution >= 0.6 is 0 Å². The number of benzene rings is 1. The fourth-order valence-corrected chi connectivity index (χ4v) is 1.72. The minimum Gasteiger partial charge on any atom is -0.435 e. The molecule has 0 radical (unpaired) electrons. The lowest BCUT2D eigenvalue weighted by atomic mass is 10.2. The average Bonchev–Trinajstić information content (AvgIpc) is 2.44. The van der Waals surface area contributed by atoms with Gasteiger partial charge in [0.15, 0.2) is 0 Å². The van der Waals surface area contributed by atoms with Crippen LogP contribution in [0.3, 0.4) is 0 Å². The number of carbonyl (C=O) groups is 2. The third-order valence-corrected chi connectivity index (χ3v) is 2.70. The Labute approximate surface area is 121 Å². The van der Waals surface area contributed by atoms with Gasteiger partial charge in [-0.3, -0.25) is 9.59 Å². The number of ether oxygens (including phenoxy) is 1. The van der Waals surface area contributed by atoms with E-state index < -0.39 is 6.61 Å². The Morgan fingerprint density at radius 3 is 2.33 bits per heavy atom. The number of hydrogen-bond donors (Lipinski definition) is 1. The van der Waals surface area contributed by atoms with E-state index in [9.17, 15) is 18.4 Å². The normalized spacial score (nSPS) is 10.3. The minimum absolute atomic E-state index is 0.0201. The molecule has 1 N–H and O–H groups in total. The number of likely N-dealkylation sites (N-methyl/N-ethyl adjacent to an activating group) is 2. The van der Waals surface area contributed by atoms with Crippen molar-refractivity contribution in [2.45, 2.75) is 20.5 Å². The topological polar surface area (TPSA) is 58.6 Å². The van der Waals surface area contributed by atoms with Crippen molar-refractivity contribution in [2.75, 3.05) is 19.6 Å². The van der Waals surface area contributed by atoms with Crippen LogP contribution in [0.2, 0.25) is 0 Å². The molecule has 116 valence electrons. The van der Waals surface area contributed by atoms with Crippen LogP contribution in [0.5, 0.6) is 5.75 Å². The molecule has 7 heteroatoms. The molecule has 0 fully saturated rings. The van der Waals surface area contributed by atoms with Crippen molar-refractivity contribution in [2.24, 2.45) is 0 Å².